The Bertz CT molecular complexity index is 1590. The van der Waals surface area contributed by atoms with Gasteiger partial charge in [0.15, 0.2) is 5.58 Å². The van der Waals surface area contributed by atoms with Gasteiger partial charge >= 0.3 is 5.97 Å². The van der Waals surface area contributed by atoms with Crippen LogP contribution >= 0.6 is 11.6 Å². The summed E-state index contributed by atoms with van der Waals surface area (Å²) in [6, 6.07) is 10.9. The highest BCUT2D eigenvalue weighted by Gasteiger charge is 2.36. The number of fused-ring (bicyclic) bond motifs is 2. The Morgan fingerprint density at radius 3 is 2.73 bits per heavy atom. The van der Waals surface area contributed by atoms with Crippen LogP contribution in [0.3, 0.4) is 0 Å². The van der Waals surface area contributed by atoms with E-state index in [2.05, 4.69) is 4.98 Å². The molecule has 6 rings (SSSR count). The van der Waals surface area contributed by atoms with Crippen molar-refractivity contribution >= 4 is 45.5 Å². The van der Waals surface area contributed by atoms with Gasteiger partial charge in [-0.15, -0.1) is 0 Å². The van der Waals surface area contributed by atoms with Crippen molar-refractivity contribution in [2.45, 2.75) is 56.8 Å². The van der Waals surface area contributed by atoms with Gasteiger partial charge in [0.05, 0.1) is 50.3 Å². The molecule has 0 unspecified atom stereocenters. The number of methoxy groups -OCH3 is 1. The second-order valence-corrected chi connectivity index (χ2v) is 11.6. The Hall–Kier alpha value is -3.43. The first kappa shape index (κ1) is 27.7. The van der Waals surface area contributed by atoms with Crippen molar-refractivity contribution in [3.05, 3.63) is 53.2 Å². The second-order valence-electron chi connectivity index (χ2n) is 11.2. The lowest BCUT2D eigenvalue weighted by atomic mass is 9.87. The minimum Gasteiger partial charge on any atom is -0.469 e. The van der Waals surface area contributed by atoms with Gasteiger partial charge in [0.2, 0.25) is 11.8 Å². The maximum Gasteiger partial charge on any atom is 0.308 e. The standard InChI is InChI=1S/C31H33ClFN3O5/c1-35-16-25(24-13-20(32)6-10-27(24)35)30-34-26-9-3-18(11-28(26)41-30)12-29(37)36-15-21(33)14-22(36)17-40-23-7-4-19(5-8-23)31(38)39-2/h3,6,9-11,13,16,19,21-23H,4-5,7-8,12,14-15,17H2,1-2H3/t19-,21-,22-,23-/m0/s1. The first-order chi connectivity index (χ1) is 19.8. The maximum absolute atomic E-state index is 14.4. The van der Waals surface area contributed by atoms with Crippen molar-refractivity contribution in [3.63, 3.8) is 0 Å². The summed E-state index contributed by atoms with van der Waals surface area (Å²) in [4.78, 5) is 31.4. The number of ether oxygens (including phenoxy) is 2. The van der Waals surface area contributed by atoms with Crippen molar-refractivity contribution in [3.8, 4) is 11.5 Å². The summed E-state index contributed by atoms with van der Waals surface area (Å²) >= 11 is 6.25. The maximum atomic E-state index is 14.4. The van der Waals surface area contributed by atoms with Crippen molar-refractivity contribution < 1.29 is 27.9 Å². The molecule has 1 aliphatic heterocycles. The van der Waals surface area contributed by atoms with Crippen LogP contribution in [0.15, 0.2) is 47.0 Å². The lowest BCUT2D eigenvalue weighted by molar-refractivity contribution is -0.148. The fourth-order valence-corrected chi connectivity index (χ4v) is 6.38. The van der Waals surface area contributed by atoms with E-state index in [4.69, 9.17) is 25.5 Å². The highest BCUT2D eigenvalue weighted by atomic mass is 35.5. The molecule has 0 bridgehead atoms. The van der Waals surface area contributed by atoms with Crippen LogP contribution in [0, 0.1) is 5.92 Å². The van der Waals surface area contributed by atoms with E-state index in [-0.39, 0.29) is 49.3 Å². The molecule has 2 aromatic heterocycles. The van der Waals surface area contributed by atoms with Crippen LogP contribution in [0.2, 0.25) is 5.02 Å². The summed E-state index contributed by atoms with van der Waals surface area (Å²) in [5.41, 5.74) is 3.90. The third kappa shape index (κ3) is 5.70. The topological polar surface area (TPSA) is 86.8 Å². The number of likely N-dealkylation sites (tertiary alicyclic amines) is 1. The van der Waals surface area contributed by atoms with Gasteiger partial charge in [0.1, 0.15) is 11.7 Å². The molecule has 1 aliphatic carbocycles. The normalized spacial score (nSPS) is 23.0. The summed E-state index contributed by atoms with van der Waals surface area (Å²) in [6.07, 6.45) is 4.24. The smallest absolute Gasteiger partial charge is 0.308 e. The highest BCUT2D eigenvalue weighted by molar-refractivity contribution is 6.31. The third-order valence-electron chi connectivity index (χ3n) is 8.41. The monoisotopic (exact) mass is 581 g/mol. The van der Waals surface area contributed by atoms with Gasteiger partial charge in [-0.2, -0.15) is 0 Å². The number of aromatic nitrogens is 2. The molecule has 0 spiro atoms. The average molecular weight is 582 g/mol. The Kier molecular flexibility index (Phi) is 7.74. The number of esters is 1. The molecule has 0 radical (unpaired) electrons. The van der Waals surface area contributed by atoms with Crippen LogP contribution in [-0.4, -0.2) is 64.9 Å². The molecule has 41 heavy (non-hydrogen) atoms. The zero-order chi connectivity index (χ0) is 28.7. The van der Waals surface area contributed by atoms with E-state index < -0.39 is 6.17 Å². The van der Waals surface area contributed by atoms with Gasteiger partial charge in [-0.05, 0) is 61.6 Å². The van der Waals surface area contributed by atoms with Gasteiger partial charge in [0, 0.05) is 35.6 Å². The number of oxazole rings is 1. The first-order valence-corrected chi connectivity index (χ1v) is 14.4. The number of amides is 1. The molecule has 1 amide bonds. The van der Waals surface area contributed by atoms with Gasteiger partial charge in [-0.3, -0.25) is 9.59 Å². The zero-order valence-corrected chi connectivity index (χ0v) is 23.9. The van der Waals surface area contributed by atoms with Crippen LogP contribution in [0.25, 0.3) is 33.5 Å². The Morgan fingerprint density at radius 1 is 1.15 bits per heavy atom. The fraction of sp³-hybridized carbons (Fsp3) is 0.452. The lowest BCUT2D eigenvalue weighted by Crippen LogP contribution is -2.40. The van der Waals surface area contributed by atoms with Crippen molar-refractivity contribution in [2.24, 2.45) is 13.0 Å². The number of halogens is 2. The number of nitrogens with zero attached hydrogens (tertiary/aromatic N) is 3. The molecule has 3 heterocycles. The molecular weight excluding hydrogens is 549 g/mol. The van der Waals surface area contributed by atoms with Gasteiger partial charge in [0.25, 0.3) is 0 Å². The minimum atomic E-state index is -1.07. The van der Waals surface area contributed by atoms with E-state index in [0.29, 0.717) is 28.6 Å². The molecule has 2 aliphatic rings. The number of carbonyl (C=O) groups is 2. The van der Waals surface area contributed by atoms with Gasteiger partial charge < -0.3 is 23.4 Å². The van der Waals surface area contributed by atoms with Gasteiger partial charge in [-0.1, -0.05) is 17.7 Å². The molecule has 1 saturated carbocycles. The summed E-state index contributed by atoms with van der Waals surface area (Å²) < 4.78 is 33.5. The second kappa shape index (κ2) is 11.4. The van der Waals surface area contributed by atoms with Gasteiger partial charge in [-0.25, -0.2) is 9.37 Å². The molecule has 2 fully saturated rings. The summed E-state index contributed by atoms with van der Waals surface area (Å²) in [5, 5.41) is 1.58. The van der Waals surface area contributed by atoms with Crippen LogP contribution in [0.5, 0.6) is 0 Å². The number of hydrogen-bond acceptors (Lipinski definition) is 6. The molecule has 2 atom stereocenters. The molecule has 216 valence electrons. The SMILES string of the molecule is COC(=O)[C@H]1CC[C@H](OC[C@@H]2C[C@H](F)CN2C(=O)Cc2ccc3nc(-c4cn(C)c5ccc(Cl)cc45)oc3c2)CC1. The van der Waals surface area contributed by atoms with E-state index >= 15 is 0 Å². The van der Waals surface area contributed by atoms with Crippen molar-refractivity contribution in [1.29, 1.82) is 0 Å². The fourth-order valence-electron chi connectivity index (χ4n) is 6.21. The van der Waals surface area contributed by atoms with Crippen LogP contribution < -0.4 is 0 Å². The Morgan fingerprint density at radius 2 is 1.95 bits per heavy atom. The molecule has 2 aromatic carbocycles. The van der Waals surface area contributed by atoms with Crippen molar-refractivity contribution in [1.82, 2.24) is 14.5 Å². The largest absolute Gasteiger partial charge is 0.469 e. The number of carbonyl (C=O) groups excluding carboxylic acids is 2. The van der Waals surface area contributed by atoms with Crippen molar-refractivity contribution in [2.75, 3.05) is 20.3 Å². The van der Waals surface area contributed by atoms with E-state index in [0.717, 1.165) is 47.7 Å². The number of aryl methyl sites for hydroxylation is 1. The van der Waals surface area contributed by atoms with E-state index in [1.165, 1.54) is 7.11 Å². The molecular formula is C31H33ClFN3O5. The number of rotatable bonds is 7. The Balaban J connectivity index is 1.12. The molecule has 1 saturated heterocycles. The minimum absolute atomic E-state index is 0.00679. The quantitative estimate of drug-likeness (QED) is 0.254. The highest BCUT2D eigenvalue weighted by Crippen LogP contribution is 2.34. The number of benzene rings is 2. The molecule has 0 N–H and O–H groups in total. The number of hydrogen-bond donors (Lipinski definition) is 0. The summed E-state index contributed by atoms with van der Waals surface area (Å²) in [7, 11) is 3.37. The van der Waals surface area contributed by atoms with E-state index in [9.17, 15) is 14.0 Å². The van der Waals surface area contributed by atoms with Crippen LogP contribution in [-0.2, 0) is 32.5 Å². The average Bonchev–Trinajstić information content (AvgIpc) is 3.65. The lowest BCUT2D eigenvalue weighted by Gasteiger charge is -2.30. The molecule has 10 heteroatoms. The third-order valence-corrected chi connectivity index (χ3v) is 8.64. The zero-order valence-electron chi connectivity index (χ0n) is 23.1. The summed E-state index contributed by atoms with van der Waals surface area (Å²) in [6.45, 7) is 0.361. The van der Waals surface area contributed by atoms with Crippen LogP contribution in [0.4, 0.5) is 4.39 Å². The molecule has 4 aromatic rings. The predicted octanol–water partition coefficient (Wildman–Crippen LogP) is 5.87. The summed E-state index contributed by atoms with van der Waals surface area (Å²) in [5.74, 6) is 0.0855. The van der Waals surface area contributed by atoms with E-state index in [1.807, 2.05) is 54.2 Å². The molecule has 8 nitrogen and oxygen atoms in total. The number of alkyl halides is 1. The first-order valence-electron chi connectivity index (χ1n) is 14.1. The Labute approximate surface area is 242 Å². The predicted molar refractivity (Wildman–Crippen MR) is 153 cm³/mol. The van der Waals surface area contributed by atoms with E-state index in [1.54, 1.807) is 4.90 Å². The van der Waals surface area contributed by atoms with Crippen LogP contribution in [0.1, 0.15) is 37.7 Å².